The Bertz CT molecular complexity index is 711. The van der Waals surface area contributed by atoms with Crippen molar-refractivity contribution in [3.8, 4) is 0 Å². The molecule has 2 N–H and O–H groups in total. The van der Waals surface area contributed by atoms with Crippen molar-refractivity contribution < 1.29 is 16.8 Å². The second kappa shape index (κ2) is 5.34. The summed E-state index contributed by atoms with van der Waals surface area (Å²) < 4.78 is 49.1. The Morgan fingerprint density at radius 2 is 2.00 bits per heavy atom. The lowest BCUT2D eigenvalue weighted by molar-refractivity contribution is 0.564. The molecule has 2 rings (SSSR count). The highest BCUT2D eigenvalue weighted by atomic mass is 32.2. The highest BCUT2D eigenvalue weighted by Crippen LogP contribution is 2.25. The van der Waals surface area contributed by atoms with Crippen LogP contribution in [-0.4, -0.2) is 41.4 Å². The van der Waals surface area contributed by atoms with Crippen molar-refractivity contribution in [1.82, 2.24) is 4.72 Å². The van der Waals surface area contributed by atoms with Crippen molar-refractivity contribution in [3.05, 3.63) is 23.8 Å². The van der Waals surface area contributed by atoms with Gasteiger partial charge in [0, 0.05) is 24.5 Å². The number of nitrogens with one attached hydrogen (secondary N) is 2. The molecule has 1 heterocycles. The topological polar surface area (TPSA) is 92.3 Å². The van der Waals surface area contributed by atoms with Gasteiger partial charge >= 0.3 is 0 Å². The molecule has 1 aromatic carbocycles. The Morgan fingerprint density at radius 3 is 2.65 bits per heavy atom. The van der Waals surface area contributed by atoms with Gasteiger partial charge in [-0.1, -0.05) is 0 Å². The van der Waals surface area contributed by atoms with Crippen LogP contribution in [0.4, 0.5) is 5.69 Å². The van der Waals surface area contributed by atoms with E-state index in [2.05, 4.69) is 10.0 Å². The highest BCUT2D eigenvalue weighted by molar-refractivity contribution is 7.91. The molecule has 0 radical (unpaired) electrons. The fraction of sp³-hybridized carbons (Fsp3) is 0.500. The van der Waals surface area contributed by atoms with Crippen LogP contribution in [0.3, 0.4) is 0 Å². The molecule has 0 saturated heterocycles. The van der Waals surface area contributed by atoms with Gasteiger partial charge in [0.1, 0.15) is 9.84 Å². The summed E-state index contributed by atoms with van der Waals surface area (Å²) in [5.41, 5.74) is 1.91. The standard InChI is InChI=1S/C12H18N2O4S2/c1-9(8-19(2,15)16)14-20(17,18)11-3-4-12-10(7-11)5-6-13-12/h3-4,7,9,13-14H,5-6,8H2,1-2H3. The summed E-state index contributed by atoms with van der Waals surface area (Å²) in [6.45, 7) is 2.34. The molecule has 1 aliphatic heterocycles. The minimum absolute atomic E-state index is 0.167. The van der Waals surface area contributed by atoms with Crippen molar-refractivity contribution in [2.75, 3.05) is 23.9 Å². The predicted molar refractivity (Wildman–Crippen MR) is 78.1 cm³/mol. The molecule has 0 aromatic heterocycles. The van der Waals surface area contributed by atoms with Gasteiger partial charge in [-0.05, 0) is 37.1 Å². The second-order valence-electron chi connectivity index (χ2n) is 5.11. The number of hydrogen-bond donors (Lipinski definition) is 2. The maximum Gasteiger partial charge on any atom is 0.240 e. The second-order valence-corrected chi connectivity index (χ2v) is 9.01. The zero-order chi connectivity index (χ0) is 15.0. The minimum Gasteiger partial charge on any atom is -0.384 e. The normalized spacial score (nSPS) is 16.5. The van der Waals surface area contributed by atoms with Gasteiger partial charge in [-0.3, -0.25) is 0 Å². The van der Waals surface area contributed by atoms with Gasteiger partial charge < -0.3 is 5.32 Å². The van der Waals surface area contributed by atoms with Crippen LogP contribution >= 0.6 is 0 Å². The van der Waals surface area contributed by atoms with Gasteiger partial charge in [-0.2, -0.15) is 0 Å². The summed E-state index contributed by atoms with van der Waals surface area (Å²) in [6.07, 6.45) is 1.87. The molecule has 0 saturated carbocycles. The molecular formula is C12H18N2O4S2. The van der Waals surface area contributed by atoms with Crippen LogP contribution in [0.1, 0.15) is 12.5 Å². The van der Waals surface area contributed by atoms with Gasteiger partial charge in [-0.15, -0.1) is 0 Å². The zero-order valence-electron chi connectivity index (χ0n) is 11.4. The van der Waals surface area contributed by atoms with Gasteiger partial charge in [0.05, 0.1) is 10.6 Å². The molecule has 0 amide bonds. The zero-order valence-corrected chi connectivity index (χ0v) is 13.0. The predicted octanol–water partition coefficient (Wildman–Crippen LogP) is 0.366. The van der Waals surface area contributed by atoms with Crippen molar-refractivity contribution in [2.24, 2.45) is 0 Å². The molecule has 0 spiro atoms. The summed E-state index contributed by atoms with van der Waals surface area (Å²) in [4.78, 5) is 0.167. The number of rotatable bonds is 5. The average Bonchev–Trinajstić information content (AvgIpc) is 2.71. The molecule has 1 aliphatic rings. The molecule has 1 unspecified atom stereocenters. The van der Waals surface area contributed by atoms with Crippen LogP contribution in [-0.2, 0) is 26.3 Å². The van der Waals surface area contributed by atoms with E-state index in [0.29, 0.717) is 0 Å². The Hall–Kier alpha value is -1.12. The summed E-state index contributed by atoms with van der Waals surface area (Å²) in [7, 11) is -6.92. The van der Waals surface area contributed by atoms with E-state index in [-0.39, 0.29) is 10.6 Å². The molecule has 8 heteroatoms. The van der Waals surface area contributed by atoms with Gasteiger partial charge in [0.15, 0.2) is 0 Å². The number of benzene rings is 1. The summed E-state index contributed by atoms with van der Waals surface area (Å²) in [6, 6.07) is 4.22. The molecule has 6 nitrogen and oxygen atoms in total. The minimum atomic E-state index is -3.70. The van der Waals surface area contributed by atoms with Crippen molar-refractivity contribution in [1.29, 1.82) is 0 Å². The molecule has 20 heavy (non-hydrogen) atoms. The van der Waals surface area contributed by atoms with Crippen molar-refractivity contribution in [2.45, 2.75) is 24.3 Å². The molecule has 1 atom stereocenters. The van der Waals surface area contributed by atoms with Crippen LogP contribution in [0.25, 0.3) is 0 Å². The van der Waals surface area contributed by atoms with E-state index < -0.39 is 25.9 Å². The van der Waals surface area contributed by atoms with Crippen LogP contribution in [0.2, 0.25) is 0 Å². The molecular weight excluding hydrogens is 300 g/mol. The van der Waals surface area contributed by atoms with Crippen LogP contribution in [0.15, 0.2) is 23.1 Å². The lowest BCUT2D eigenvalue weighted by Gasteiger charge is -2.13. The monoisotopic (exact) mass is 318 g/mol. The molecule has 0 fully saturated rings. The maximum absolute atomic E-state index is 12.2. The first-order valence-corrected chi connectivity index (χ1v) is 9.78. The van der Waals surface area contributed by atoms with E-state index in [1.165, 1.54) is 13.0 Å². The maximum atomic E-state index is 12.2. The Balaban J connectivity index is 2.18. The average molecular weight is 318 g/mol. The first-order chi connectivity index (χ1) is 9.17. The van der Waals surface area contributed by atoms with E-state index in [1.807, 2.05) is 0 Å². The van der Waals surface area contributed by atoms with Crippen LogP contribution < -0.4 is 10.0 Å². The smallest absolute Gasteiger partial charge is 0.240 e. The lowest BCUT2D eigenvalue weighted by atomic mass is 10.2. The number of hydrogen-bond acceptors (Lipinski definition) is 5. The van der Waals surface area contributed by atoms with E-state index in [1.54, 1.807) is 12.1 Å². The molecule has 1 aromatic rings. The molecule has 0 aliphatic carbocycles. The largest absolute Gasteiger partial charge is 0.384 e. The van der Waals surface area contributed by atoms with Crippen LogP contribution in [0.5, 0.6) is 0 Å². The lowest BCUT2D eigenvalue weighted by Crippen LogP contribution is -2.37. The van der Waals surface area contributed by atoms with Crippen molar-refractivity contribution >= 4 is 25.5 Å². The van der Waals surface area contributed by atoms with E-state index in [0.717, 1.165) is 30.5 Å². The third kappa shape index (κ3) is 3.71. The Labute approximate surface area is 119 Å². The molecule has 112 valence electrons. The number of anilines is 1. The Morgan fingerprint density at radius 1 is 1.30 bits per heavy atom. The number of fused-ring (bicyclic) bond motifs is 1. The fourth-order valence-electron chi connectivity index (χ4n) is 2.27. The molecule has 0 bridgehead atoms. The van der Waals surface area contributed by atoms with Gasteiger partial charge in [0.2, 0.25) is 10.0 Å². The number of sulfone groups is 1. The van der Waals surface area contributed by atoms with Gasteiger partial charge in [0.25, 0.3) is 0 Å². The summed E-state index contributed by atoms with van der Waals surface area (Å²) >= 11 is 0. The van der Waals surface area contributed by atoms with Gasteiger partial charge in [-0.25, -0.2) is 21.6 Å². The quantitative estimate of drug-likeness (QED) is 0.818. The van der Waals surface area contributed by atoms with E-state index in [9.17, 15) is 16.8 Å². The fourth-order valence-corrected chi connectivity index (χ4v) is 4.66. The SMILES string of the molecule is CC(CS(C)(=O)=O)NS(=O)(=O)c1ccc2c(c1)CCN2. The number of sulfonamides is 1. The third-order valence-corrected chi connectivity index (χ3v) is 5.70. The van der Waals surface area contributed by atoms with Crippen molar-refractivity contribution in [3.63, 3.8) is 0 Å². The summed E-state index contributed by atoms with van der Waals surface area (Å²) in [5, 5.41) is 3.16. The van der Waals surface area contributed by atoms with E-state index in [4.69, 9.17) is 0 Å². The highest BCUT2D eigenvalue weighted by Gasteiger charge is 2.21. The third-order valence-electron chi connectivity index (χ3n) is 3.01. The first kappa shape index (κ1) is 15.3. The Kier molecular flexibility index (Phi) is 4.08. The van der Waals surface area contributed by atoms with Crippen LogP contribution in [0, 0.1) is 0 Å². The van der Waals surface area contributed by atoms with E-state index >= 15 is 0 Å². The summed E-state index contributed by atoms with van der Waals surface area (Å²) in [5.74, 6) is -0.223. The first-order valence-electron chi connectivity index (χ1n) is 6.24.